The standard InChI is InChI=1S/C20H32N2O4/c1-13(2)10-18(21)20(25,19(23)24)12-15-11-17(8-9-22-15)26-16-6-4-14(3)5-7-16/h8-9,11,13-14,16,18,25H,4-7,10,12,21H2,1-3H3,(H,23,24)/t14?,16?,18-,20+/m1/s1. The van der Waals surface area contributed by atoms with Crippen LogP contribution in [0.15, 0.2) is 18.3 Å². The lowest BCUT2D eigenvalue weighted by Crippen LogP contribution is -2.56. The van der Waals surface area contributed by atoms with Crippen LogP contribution in [0.3, 0.4) is 0 Å². The number of aliphatic carboxylic acids is 1. The average Bonchev–Trinajstić information content (AvgIpc) is 2.56. The summed E-state index contributed by atoms with van der Waals surface area (Å²) in [4.78, 5) is 15.9. The molecule has 1 saturated carbocycles. The summed E-state index contributed by atoms with van der Waals surface area (Å²) in [7, 11) is 0. The molecule has 1 heterocycles. The minimum atomic E-state index is -2.05. The monoisotopic (exact) mass is 364 g/mol. The highest BCUT2D eigenvalue weighted by molar-refractivity contribution is 5.78. The Bertz CT molecular complexity index is 599. The lowest BCUT2D eigenvalue weighted by Gasteiger charge is -2.31. The van der Waals surface area contributed by atoms with Gasteiger partial charge in [0.15, 0.2) is 5.60 Å². The second kappa shape index (κ2) is 8.82. The summed E-state index contributed by atoms with van der Waals surface area (Å²) in [5, 5.41) is 20.2. The maximum absolute atomic E-state index is 11.7. The van der Waals surface area contributed by atoms with Gasteiger partial charge in [0, 0.05) is 30.4 Å². The van der Waals surface area contributed by atoms with Crippen LogP contribution in [-0.2, 0) is 11.2 Å². The van der Waals surface area contributed by atoms with Gasteiger partial charge in [0.25, 0.3) is 0 Å². The van der Waals surface area contributed by atoms with Crippen LogP contribution in [0.2, 0.25) is 0 Å². The highest BCUT2D eigenvalue weighted by atomic mass is 16.5. The smallest absolute Gasteiger partial charge is 0.337 e. The van der Waals surface area contributed by atoms with E-state index in [0.29, 0.717) is 17.9 Å². The van der Waals surface area contributed by atoms with E-state index >= 15 is 0 Å². The summed E-state index contributed by atoms with van der Waals surface area (Å²) >= 11 is 0. The molecule has 6 nitrogen and oxygen atoms in total. The summed E-state index contributed by atoms with van der Waals surface area (Å²) in [6.07, 6.45) is 6.41. The van der Waals surface area contributed by atoms with E-state index in [1.165, 1.54) is 0 Å². The third-order valence-corrected chi connectivity index (χ3v) is 5.21. The first-order valence-electron chi connectivity index (χ1n) is 9.53. The van der Waals surface area contributed by atoms with Gasteiger partial charge in [-0.1, -0.05) is 20.8 Å². The Morgan fingerprint density at radius 2 is 2.04 bits per heavy atom. The number of ether oxygens (including phenoxy) is 1. The molecule has 6 heteroatoms. The molecule has 1 aliphatic rings. The van der Waals surface area contributed by atoms with E-state index in [1.807, 2.05) is 13.8 Å². The van der Waals surface area contributed by atoms with Gasteiger partial charge >= 0.3 is 5.97 Å². The Kier molecular flexibility index (Phi) is 7.01. The number of aliphatic hydroxyl groups is 1. The second-order valence-electron chi connectivity index (χ2n) is 8.12. The molecule has 1 aromatic rings. The maximum atomic E-state index is 11.7. The van der Waals surface area contributed by atoms with Gasteiger partial charge in [0.1, 0.15) is 5.75 Å². The molecule has 1 aromatic heterocycles. The van der Waals surface area contributed by atoms with E-state index in [1.54, 1.807) is 18.3 Å². The number of rotatable bonds is 8. The van der Waals surface area contributed by atoms with Crippen LogP contribution >= 0.6 is 0 Å². The Labute approximate surface area is 155 Å². The molecule has 1 aliphatic carbocycles. The highest BCUT2D eigenvalue weighted by Gasteiger charge is 2.43. The minimum absolute atomic E-state index is 0.144. The van der Waals surface area contributed by atoms with Crippen LogP contribution in [-0.4, -0.2) is 38.9 Å². The van der Waals surface area contributed by atoms with Crippen LogP contribution in [0.5, 0.6) is 5.75 Å². The molecule has 0 unspecified atom stereocenters. The molecule has 2 atom stereocenters. The van der Waals surface area contributed by atoms with Gasteiger partial charge in [-0.3, -0.25) is 4.98 Å². The first-order valence-corrected chi connectivity index (χ1v) is 9.53. The number of carboxylic acid groups (broad SMARTS) is 1. The van der Waals surface area contributed by atoms with Crippen LogP contribution in [0.1, 0.15) is 58.6 Å². The predicted molar refractivity (Wildman–Crippen MR) is 100 cm³/mol. The van der Waals surface area contributed by atoms with Crippen LogP contribution < -0.4 is 10.5 Å². The number of nitrogens with zero attached hydrogens (tertiary/aromatic N) is 1. The summed E-state index contributed by atoms with van der Waals surface area (Å²) in [5.74, 6) is 0.280. The first kappa shape index (κ1) is 20.6. The molecule has 0 spiro atoms. The molecule has 0 aliphatic heterocycles. The number of hydrogen-bond donors (Lipinski definition) is 3. The first-order chi connectivity index (χ1) is 12.2. The zero-order valence-corrected chi connectivity index (χ0v) is 16.0. The zero-order valence-electron chi connectivity index (χ0n) is 16.0. The fourth-order valence-electron chi connectivity index (χ4n) is 3.51. The van der Waals surface area contributed by atoms with Crippen molar-refractivity contribution in [3.8, 4) is 5.75 Å². The van der Waals surface area contributed by atoms with Crippen LogP contribution in [0.25, 0.3) is 0 Å². The Morgan fingerprint density at radius 1 is 1.38 bits per heavy atom. The molecule has 1 fully saturated rings. The summed E-state index contributed by atoms with van der Waals surface area (Å²) in [5.41, 5.74) is 4.44. The van der Waals surface area contributed by atoms with Gasteiger partial charge in [-0.25, -0.2) is 4.79 Å². The van der Waals surface area contributed by atoms with Gasteiger partial charge < -0.3 is 20.7 Å². The zero-order chi connectivity index (χ0) is 19.3. The molecule has 0 aromatic carbocycles. The lowest BCUT2D eigenvalue weighted by atomic mass is 9.84. The summed E-state index contributed by atoms with van der Waals surface area (Å²) in [6.45, 7) is 6.15. The van der Waals surface area contributed by atoms with Crippen molar-refractivity contribution in [2.45, 2.75) is 77.0 Å². The number of nitrogens with two attached hydrogens (primary N) is 1. The van der Waals surface area contributed by atoms with Crippen molar-refractivity contribution in [2.75, 3.05) is 0 Å². The van der Waals surface area contributed by atoms with E-state index in [9.17, 15) is 15.0 Å². The normalized spacial score (nSPS) is 24.1. The van der Waals surface area contributed by atoms with E-state index in [0.717, 1.165) is 31.6 Å². The van der Waals surface area contributed by atoms with Gasteiger partial charge in [-0.15, -0.1) is 0 Å². The van der Waals surface area contributed by atoms with Crippen molar-refractivity contribution in [1.82, 2.24) is 4.98 Å². The van der Waals surface area contributed by atoms with E-state index < -0.39 is 17.6 Å². The fourth-order valence-corrected chi connectivity index (χ4v) is 3.51. The maximum Gasteiger partial charge on any atom is 0.337 e. The van der Waals surface area contributed by atoms with E-state index in [-0.39, 0.29) is 18.4 Å². The number of carbonyl (C=O) groups is 1. The van der Waals surface area contributed by atoms with Crippen LogP contribution in [0, 0.1) is 11.8 Å². The number of carboxylic acids is 1. The van der Waals surface area contributed by atoms with Crippen molar-refractivity contribution in [1.29, 1.82) is 0 Å². The molecular formula is C20H32N2O4. The average molecular weight is 364 g/mol. The van der Waals surface area contributed by atoms with Crippen molar-refractivity contribution in [2.24, 2.45) is 17.6 Å². The number of aromatic nitrogens is 1. The third kappa shape index (κ3) is 5.42. The second-order valence-corrected chi connectivity index (χ2v) is 8.12. The molecule has 146 valence electrons. The van der Waals surface area contributed by atoms with Crippen molar-refractivity contribution in [3.63, 3.8) is 0 Å². The van der Waals surface area contributed by atoms with Crippen molar-refractivity contribution >= 4 is 5.97 Å². The molecule has 0 radical (unpaired) electrons. The molecule has 2 rings (SSSR count). The van der Waals surface area contributed by atoms with Gasteiger partial charge in [0.05, 0.1) is 6.10 Å². The SMILES string of the molecule is CC(C)C[C@@H](N)[C@@](O)(Cc1cc(OC2CCC(C)CC2)ccn1)C(=O)O. The van der Waals surface area contributed by atoms with Crippen LogP contribution in [0.4, 0.5) is 0 Å². The molecular weight excluding hydrogens is 332 g/mol. The molecule has 0 amide bonds. The van der Waals surface area contributed by atoms with Gasteiger partial charge in [0.2, 0.25) is 0 Å². The van der Waals surface area contributed by atoms with Crippen molar-refractivity contribution < 1.29 is 19.7 Å². The van der Waals surface area contributed by atoms with Gasteiger partial charge in [-0.05, 0) is 50.0 Å². The van der Waals surface area contributed by atoms with E-state index in [2.05, 4.69) is 11.9 Å². The Hall–Kier alpha value is -1.66. The van der Waals surface area contributed by atoms with Gasteiger partial charge in [-0.2, -0.15) is 0 Å². The Morgan fingerprint density at radius 3 is 2.62 bits per heavy atom. The molecule has 4 N–H and O–H groups in total. The number of hydrogen-bond acceptors (Lipinski definition) is 5. The summed E-state index contributed by atoms with van der Waals surface area (Å²) in [6, 6.07) is 2.62. The highest BCUT2D eigenvalue weighted by Crippen LogP contribution is 2.28. The fraction of sp³-hybridized carbons (Fsp3) is 0.700. The molecule has 0 bridgehead atoms. The topological polar surface area (TPSA) is 106 Å². The van der Waals surface area contributed by atoms with E-state index in [4.69, 9.17) is 10.5 Å². The quantitative estimate of drug-likeness (QED) is 0.655. The number of pyridine rings is 1. The Balaban J connectivity index is 2.08. The summed E-state index contributed by atoms with van der Waals surface area (Å²) < 4.78 is 6.04. The lowest BCUT2D eigenvalue weighted by molar-refractivity contribution is -0.161. The third-order valence-electron chi connectivity index (χ3n) is 5.21. The predicted octanol–water partition coefficient (Wildman–Crippen LogP) is 2.77. The molecule has 0 saturated heterocycles. The molecule has 26 heavy (non-hydrogen) atoms. The largest absolute Gasteiger partial charge is 0.490 e. The van der Waals surface area contributed by atoms with Crippen molar-refractivity contribution in [3.05, 3.63) is 24.0 Å². The minimum Gasteiger partial charge on any atom is -0.490 e.